The van der Waals surface area contributed by atoms with Crippen LogP contribution in [0.15, 0.2) is 0 Å². The fraction of sp³-hybridized carbons (Fsp3) is 1.00. The summed E-state index contributed by atoms with van der Waals surface area (Å²) in [6.07, 6.45) is 5.02. The first-order valence-electron chi connectivity index (χ1n) is 7.48. The highest BCUT2D eigenvalue weighted by atomic mass is 16.3. The van der Waals surface area contributed by atoms with E-state index in [1.54, 1.807) is 0 Å². The summed E-state index contributed by atoms with van der Waals surface area (Å²) < 4.78 is 0. The van der Waals surface area contributed by atoms with Crippen molar-refractivity contribution in [1.82, 2.24) is 10.2 Å². The highest BCUT2D eigenvalue weighted by Crippen LogP contribution is 2.40. The van der Waals surface area contributed by atoms with Gasteiger partial charge in [-0.1, -0.05) is 20.3 Å². The molecule has 1 aliphatic heterocycles. The molecule has 1 unspecified atom stereocenters. The van der Waals surface area contributed by atoms with Crippen LogP contribution in [0.2, 0.25) is 0 Å². The minimum absolute atomic E-state index is 0.211. The van der Waals surface area contributed by atoms with Crippen LogP contribution < -0.4 is 5.32 Å². The van der Waals surface area contributed by atoms with Gasteiger partial charge in [-0.05, 0) is 44.2 Å². The van der Waals surface area contributed by atoms with Gasteiger partial charge in [0.15, 0.2) is 0 Å². The number of aliphatic hydroxyl groups excluding tert-OH is 1. The third-order valence-corrected chi connectivity index (χ3v) is 5.33. The molecule has 0 aromatic carbocycles. The fourth-order valence-corrected chi connectivity index (χ4v) is 3.43. The van der Waals surface area contributed by atoms with Crippen LogP contribution in [0.25, 0.3) is 0 Å². The van der Waals surface area contributed by atoms with Gasteiger partial charge in [0.25, 0.3) is 0 Å². The van der Waals surface area contributed by atoms with Gasteiger partial charge in [0.05, 0.1) is 0 Å². The van der Waals surface area contributed by atoms with Gasteiger partial charge in [-0.2, -0.15) is 0 Å². The summed E-state index contributed by atoms with van der Waals surface area (Å²) in [5, 5.41) is 13.1. The number of rotatable bonds is 6. The van der Waals surface area contributed by atoms with Crippen molar-refractivity contribution in [2.75, 3.05) is 39.8 Å². The second-order valence-corrected chi connectivity index (χ2v) is 7.35. The molecule has 0 aromatic rings. The zero-order valence-electron chi connectivity index (χ0n) is 12.3. The molecule has 18 heavy (non-hydrogen) atoms. The van der Waals surface area contributed by atoms with Crippen molar-refractivity contribution in [3.05, 3.63) is 0 Å². The molecular weight excluding hydrogens is 224 g/mol. The molecule has 1 saturated heterocycles. The third kappa shape index (κ3) is 3.06. The van der Waals surface area contributed by atoms with E-state index in [1.807, 2.05) is 0 Å². The molecule has 0 aromatic heterocycles. The largest absolute Gasteiger partial charge is 0.396 e. The van der Waals surface area contributed by atoms with Crippen LogP contribution in [0.1, 0.15) is 39.5 Å². The maximum Gasteiger partial charge on any atom is 0.0499 e. The van der Waals surface area contributed by atoms with Crippen LogP contribution in [-0.4, -0.2) is 49.8 Å². The maximum atomic E-state index is 9.47. The van der Waals surface area contributed by atoms with E-state index in [9.17, 15) is 5.11 Å². The smallest absolute Gasteiger partial charge is 0.0499 e. The standard InChI is InChI=1S/C15H30N2O/c1-14(2,13-5-8-17(3)9-13)10-16-11-15(12-18)6-4-7-15/h13,16,18H,4-12H2,1-3H3. The van der Waals surface area contributed by atoms with Crippen LogP contribution in [0.4, 0.5) is 0 Å². The van der Waals surface area contributed by atoms with Crippen LogP contribution in [0.5, 0.6) is 0 Å². The minimum atomic E-state index is 0.211. The van der Waals surface area contributed by atoms with Crippen LogP contribution in [0.3, 0.4) is 0 Å². The zero-order chi connectivity index (χ0) is 13.2. The molecule has 3 nitrogen and oxygen atoms in total. The lowest BCUT2D eigenvalue weighted by molar-refractivity contribution is 0.0407. The number of hydrogen-bond acceptors (Lipinski definition) is 3. The second-order valence-electron chi connectivity index (χ2n) is 7.35. The quantitative estimate of drug-likeness (QED) is 0.757. The van der Waals surface area contributed by atoms with Crippen LogP contribution in [0, 0.1) is 16.7 Å². The lowest BCUT2D eigenvalue weighted by Crippen LogP contribution is -2.46. The Hall–Kier alpha value is -0.120. The predicted molar refractivity (Wildman–Crippen MR) is 75.6 cm³/mol. The number of nitrogens with one attached hydrogen (secondary N) is 1. The highest BCUT2D eigenvalue weighted by molar-refractivity contribution is 4.91. The lowest BCUT2D eigenvalue weighted by atomic mass is 9.69. The molecule has 1 heterocycles. The van der Waals surface area contributed by atoms with E-state index in [0.717, 1.165) is 19.0 Å². The van der Waals surface area contributed by atoms with E-state index in [4.69, 9.17) is 0 Å². The summed E-state index contributed by atoms with van der Waals surface area (Å²) in [7, 11) is 2.22. The Kier molecular flexibility index (Phi) is 4.35. The SMILES string of the molecule is CN1CCC(C(C)(C)CNCC2(CO)CCC2)C1. The summed E-state index contributed by atoms with van der Waals surface area (Å²) in [5.74, 6) is 0.807. The summed E-state index contributed by atoms with van der Waals surface area (Å²) in [5.41, 5.74) is 0.577. The molecule has 1 atom stereocenters. The first-order valence-corrected chi connectivity index (χ1v) is 7.48. The molecule has 2 N–H and O–H groups in total. The topological polar surface area (TPSA) is 35.5 Å². The Balaban J connectivity index is 1.75. The third-order valence-electron chi connectivity index (χ3n) is 5.33. The van der Waals surface area contributed by atoms with Crippen molar-refractivity contribution < 1.29 is 5.11 Å². The molecule has 1 saturated carbocycles. The van der Waals surface area contributed by atoms with Gasteiger partial charge in [0.2, 0.25) is 0 Å². The van der Waals surface area contributed by atoms with E-state index in [1.165, 1.54) is 38.8 Å². The summed E-state index contributed by atoms with van der Waals surface area (Å²) in [6.45, 7) is 9.68. The van der Waals surface area contributed by atoms with Gasteiger partial charge < -0.3 is 15.3 Å². The highest BCUT2D eigenvalue weighted by Gasteiger charge is 2.38. The van der Waals surface area contributed by atoms with E-state index < -0.39 is 0 Å². The lowest BCUT2D eigenvalue weighted by Gasteiger charge is -2.42. The maximum absolute atomic E-state index is 9.47. The number of likely N-dealkylation sites (tertiary alicyclic amines) is 1. The minimum Gasteiger partial charge on any atom is -0.396 e. The second kappa shape index (κ2) is 5.48. The Morgan fingerprint density at radius 3 is 2.56 bits per heavy atom. The molecule has 0 bridgehead atoms. The Morgan fingerprint density at radius 2 is 2.11 bits per heavy atom. The average molecular weight is 254 g/mol. The normalized spacial score (nSPS) is 28.3. The van der Waals surface area contributed by atoms with Gasteiger partial charge in [-0.3, -0.25) is 0 Å². The van der Waals surface area contributed by atoms with E-state index >= 15 is 0 Å². The summed E-state index contributed by atoms with van der Waals surface area (Å²) >= 11 is 0. The van der Waals surface area contributed by atoms with E-state index in [2.05, 4.69) is 31.1 Å². The van der Waals surface area contributed by atoms with Crippen molar-refractivity contribution >= 4 is 0 Å². The van der Waals surface area contributed by atoms with Gasteiger partial charge in [-0.25, -0.2) is 0 Å². The Labute approximate surface area is 112 Å². The van der Waals surface area contributed by atoms with Crippen molar-refractivity contribution in [2.45, 2.75) is 39.5 Å². The van der Waals surface area contributed by atoms with Crippen molar-refractivity contribution in [1.29, 1.82) is 0 Å². The van der Waals surface area contributed by atoms with Crippen molar-refractivity contribution in [3.8, 4) is 0 Å². The molecule has 106 valence electrons. The average Bonchev–Trinajstić information content (AvgIpc) is 2.70. The Bertz CT molecular complexity index is 268. The predicted octanol–water partition coefficient (Wildman–Crippen LogP) is 1.72. The monoisotopic (exact) mass is 254 g/mol. The van der Waals surface area contributed by atoms with E-state index in [0.29, 0.717) is 12.0 Å². The molecule has 0 amide bonds. The summed E-state index contributed by atoms with van der Waals surface area (Å²) in [4.78, 5) is 2.44. The van der Waals surface area contributed by atoms with Crippen molar-refractivity contribution in [3.63, 3.8) is 0 Å². The molecule has 2 fully saturated rings. The van der Waals surface area contributed by atoms with Crippen LogP contribution in [-0.2, 0) is 0 Å². The number of aliphatic hydroxyl groups is 1. The molecule has 2 rings (SSSR count). The van der Waals surface area contributed by atoms with Gasteiger partial charge >= 0.3 is 0 Å². The van der Waals surface area contributed by atoms with E-state index in [-0.39, 0.29) is 5.41 Å². The Morgan fingerprint density at radius 1 is 1.39 bits per heavy atom. The van der Waals surface area contributed by atoms with Gasteiger partial charge in [0.1, 0.15) is 0 Å². The molecule has 2 aliphatic rings. The fourth-order valence-electron chi connectivity index (χ4n) is 3.43. The van der Waals surface area contributed by atoms with Crippen LogP contribution >= 0.6 is 0 Å². The summed E-state index contributed by atoms with van der Waals surface area (Å²) in [6, 6.07) is 0. The molecule has 0 spiro atoms. The number of hydrogen-bond donors (Lipinski definition) is 2. The molecule has 0 radical (unpaired) electrons. The van der Waals surface area contributed by atoms with Gasteiger partial charge in [0, 0.05) is 31.7 Å². The van der Waals surface area contributed by atoms with Gasteiger partial charge in [-0.15, -0.1) is 0 Å². The molecule has 1 aliphatic carbocycles. The van der Waals surface area contributed by atoms with Crippen molar-refractivity contribution in [2.24, 2.45) is 16.7 Å². The molecular formula is C15H30N2O. The first kappa shape index (κ1) is 14.3. The number of nitrogens with zero attached hydrogens (tertiary/aromatic N) is 1. The molecule has 3 heteroatoms. The first-order chi connectivity index (χ1) is 8.47. The zero-order valence-corrected chi connectivity index (χ0v) is 12.3.